The predicted molar refractivity (Wildman–Crippen MR) is 85.2 cm³/mol. The van der Waals surface area contributed by atoms with Crippen molar-refractivity contribution in [3.05, 3.63) is 29.8 Å². The van der Waals surface area contributed by atoms with Crippen molar-refractivity contribution in [2.24, 2.45) is 0 Å². The van der Waals surface area contributed by atoms with Crippen molar-refractivity contribution >= 4 is 11.9 Å². The Morgan fingerprint density at radius 3 is 2.91 bits per heavy atom. The van der Waals surface area contributed by atoms with Crippen molar-refractivity contribution in [1.82, 2.24) is 4.90 Å². The van der Waals surface area contributed by atoms with Crippen molar-refractivity contribution in [2.45, 2.75) is 44.6 Å². The Hall–Kier alpha value is -2.04. The lowest BCUT2D eigenvalue weighted by Crippen LogP contribution is -2.38. The highest BCUT2D eigenvalue weighted by Crippen LogP contribution is 2.28. The largest absolute Gasteiger partial charge is 0.486 e. The first-order chi connectivity index (χ1) is 11.2. The number of hydrogen-bond donors (Lipinski definition) is 0. The van der Waals surface area contributed by atoms with E-state index < -0.39 is 0 Å². The number of nitrogens with zero attached hydrogens (tertiary/aromatic N) is 1. The van der Waals surface area contributed by atoms with Crippen molar-refractivity contribution in [3.63, 3.8) is 0 Å². The molecule has 0 aliphatic carbocycles. The van der Waals surface area contributed by atoms with Gasteiger partial charge in [-0.2, -0.15) is 0 Å². The third-order valence-corrected chi connectivity index (χ3v) is 4.39. The molecular weight excluding hydrogens is 294 g/mol. The Balaban J connectivity index is 1.44. The first kappa shape index (κ1) is 15.8. The van der Waals surface area contributed by atoms with E-state index >= 15 is 0 Å². The molecule has 0 spiro atoms. The number of esters is 1. The zero-order valence-corrected chi connectivity index (χ0v) is 13.3. The van der Waals surface area contributed by atoms with Crippen LogP contribution in [-0.4, -0.2) is 42.6 Å². The minimum absolute atomic E-state index is 0.0541. The van der Waals surface area contributed by atoms with E-state index in [0.717, 1.165) is 43.4 Å². The standard InChI is InChI=1S/C18H23NO4/c20-17-9-3-1-2-6-10-19(17)12-18(21)22-13-15-11-14-7-4-5-8-16(14)23-15/h4-5,7-8,15H,1-3,6,9-13H2. The first-order valence-electron chi connectivity index (χ1n) is 8.40. The molecule has 5 nitrogen and oxygen atoms in total. The van der Waals surface area contributed by atoms with Gasteiger partial charge in [-0.25, -0.2) is 0 Å². The molecule has 1 aromatic carbocycles. The molecule has 2 aliphatic heterocycles. The number of fused-ring (bicyclic) bond motifs is 1. The number of carbonyl (C=O) groups excluding carboxylic acids is 2. The van der Waals surface area contributed by atoms with E-state index in [-0.39, 0.29) is 31.1 Å². The topological polar surface area (TPSA) is 55.8 Å². The van der Waals surface area contributed by atoms with Crippen LogP contribution in [0.15, 0.2) is 24.3 Å². The van der Waals surface area contributed by atoms with E-state index in [2.05, 4.69) is 0 Å². The number of amides is 1. The first-order valence-corrected chi connectivity index (χ1v) is 8.40. The number of carbonyl (C=O) groups is 2. The Bertz CT molecular complexity index is 547. The third kappa shape index (κ3) is 4.24. The molecule has 23 heavy (non-hydrogen) atoms. The van der Waals surface area contributed by atoms with Gasteiger partial charge in [0.1, 0.15) is 25.0 Å². The summed E-state index contributed by atoms with van der Waals surface area (Å²) >= 11 is 0. The van der Waals surface area contributed by atoms with Crippen LogP contribution in [-0.2, 0) is 20.7 Å². The molecule has 0 saturated carbocycles. The van der Waals surface area contributed by atoms with E-state index in [0.29, 0.717) is 13.0 Å². The van der Waals surface area contributed by atoms with E-state index in [4.69, 9.17) is 9.47 Å². The van der Waals surface area contributed by atoms with Gasteiger partial charge < -0.3 is 14.4 Å². The summed E-state index contributed by atoms with van der Waals surface area (Å²) in [5, 5.41) is 0. The third-order valence-electron chi connectivity index (χ3n) is 4.39. The molecule has 1 saturated heterocycles. The summed E-state index contributed by atoms with van der Waals surface area (Å²) in [5.74, 6) is 0.581. The molecule has 124 valence electrons. The predicted octanol–water partition coefficient (Wildman–Crippen LogP) is 2.33. The fourth-order valence-electron chi connectivity index (χ4n) is 3.12. The molecule has 2 heterocycles. The minimum atomic E-state index is -0.349. The SMILES string of the molecule is O=C(CN1CCCCCCC1=O)OCC1Cc2ccccc2O1. The van der Waals surface area contributed by atoms with Gasteiger partial charge in [-0.1, -0.05) is 31.0 Å². The second-order valence-corrected chi connectivity index (χ2v) is 6.21. The Morgan fingerprint density at radius 2 is 2.04 bits per heavy atom. The zero-order valence-electron chi connectivity index (χ0n) is 13.3. The molecule has 2 aliphatic rings. The van der Waals surface area contributed by atoms with Gasteiger partial charge in [0, 0.05) is 19.4 Å². The summed E-state index contributed by atoms with van der Waals surface area (Å²) in [6.07, 6.45) is 5.26. The highest BCUT2D eigenvalue weighted by atomic mass is 16.6. The summed E-state index contributed by atoms with van der Waals surface area (Å²) in [6, 6.07) is 7.86. The van der Waals surface area contributed by atoms with Gasteiger partial charge in [-0.15, -0.1) is 0 Å². The average Bonchev–Trinajstić information content (AvgIpc) is 2.95. The number of rotatable bonds is 4. The highest BCUT2D eigenvalue weighted by Gasteiger charge is 2.25. The van der Waals surface area contributed by atoms with E-state index in [9.17, 15) is 9.59 Å². The fourth-order valence-corrected chi connectivity index (χ4v) is 3.12. The molecule has 1 amide bonds. The maximum atomic E-state index is 12.0. The fraction of sp³-hybridized carbons (Fsp3) is 0.556. The van der Waals surface area contributed by atoms with Crippen LogP contribution in [0.25, 0.3) is 0 Å². The van der Waals surface area contributed by atoms with Gasteiger partial charge in [0.15, 0.2) is 0 Å². The molecule has 0 aromatic heterocycles. The Morgan fingerprint density at radius 1 is 1.22 bits per heavy atom. The highest BCUT2D eigenvalue weighted by molar-refractivity contribution is 5.82. The second-order valence-electron chi connectivity index (χ2n) is 6.21. The van der Waals surface area contributed by atoms with E-state index in [1.807, 2.05) is 24.3 Å². The summed E-state index contributed by atoms with van der Waals surface area (Å²) < 4.78 is 11.1. The number of likely N-dealkylation sites (tertiary alicyclic amines) is 1. The van der Waals surface area contributed by atoms with Crippen LogP contribution in [0.1, 0.15) is 37.7 Å². The van der Waals surface area contributed by atoms with Crippen LogP contribution in [0.3, 0.4) is 0 Å². The summed E-state index contributed by atoms with van der Waals surface area (Å²) in [6.45, 7) is 0.938. The van der Waals surface area contributed by atoms with Crippen LogP contribution < -0.4 is 4.74 Å². The zero-order chi connectivity index (χ0) is 16.1. The van der Waals surface area contributed by atoms with Gasteiger partial charge in [0.05, 0.1) is 0 Å². The molecule has 1 fully saturated rings. The molecule has 0 radical (unpaired) electrons. The molecule has 1 unspecified atom stereocenters. The molecule has 1 atom stereocenters. The number of ether oxygens (including phenoxy) is 2. The van der Waals surface area contributed by atoms with Crippen molar-refractivity contribution in [2.75, 3.05) is 19.7 Å². The Kier molecular flexibility index (Phi) is 5.16. The average molecular weight is 317 g/mol. The number of para-hydroxylation sites is 1. The minimum Gasteiger partial charge on any atom is -0.486 e. The monoisotopic (exact) mass is 317 g/mol. The molecule has 0 N–H and O–H groups in total. The summed E-state index contributed by atoms with van der Waals surface area (Å²) in [5.41, 5.74) is 1.15. The Labute approximate surface area is 136 Å². The quantitative estimate of drug-likeness (QED) is 0.800. The van der Waals surface area contributed by atoms with E-state index in [1.54, 1.807) is 4.90 Å². The van der Waals surface area contributed by atoms with Crippen LogP contribution in [0.5, 0.6) is 5.75 Å². The van der Waals surface area contributed by atoms with E-state index in [1.165, 1.54) is 0 Å². The lowest BCUT2D eigenvalue weighted by Gasteiger charge is -2.24. The maximum absolute atomic E-state index is 12.0. The van der Waals surface area contributed by atoms with Gasteiger partial charge in [0.25, 0.3) is 0 Å². The van der Waals surface area contributed by atoms with Crippen molar-refractivity contribution in [3.8, 4) is 5.75 Å². The molecular formula is C18H23NO4. The number of benzene rings is 1. The van der Waals surface area contributed by atoms with Gasteiger partial charge in [0.2, 0.25) is 5.91 Å². The number of hydrogen-bond acceptors (Lipinski definition) is 4. The van der Waals surface area contributed by atoms with Crippen molar-refractivity contribution < 1.29 is 19.1 Å². The van der Waals surface area contributed by atoms with Gasteiger partial charge in [-0.05, 0) is 24.5 Å². The van der Waals surface area contributed by atoms with Crippen LogP contribution in [0.2, 0.25) is 0 Å². The normalized spacial score (nSPS) is 21.1. The van der Waals surface area contributed by atoms with Crippen LogP contribution in [0, 0.1) is 0 Å². The lowest BCUT2D eigenvalue weighted by atomic mass is 10.1. The molecule has 5 heteroatoms. The van der Waals surface area contributed by atoms with Crippen LogP contribution in [0.4, 0.5) is 0 Å². The molecule has 0 bridgehead atoms. The lowest BCUT2D eigenvalue weighted by molar-refractivity contribution is -0.151. The summed E-state index contributed by atoms with van der Waals surface area (Å²) in [7, 11) is 0. The smallest absolute Gasteiger partial charge is 0.325 e. The maximum Gasteiger partial charge on any atom is 0.325 e. The molecule has 3 rings (SSSR count). The second kappa shape index (κ2) is 7.49. The van der Waals surface area contributed by atoms with Gasteiger partial charge >= 0.3 is 5.97 Å². The van der Waals surface area contributed by atoms with Crippen LogP contribution >= 0.6 is 0 Å². The van der Waals surface area contributed by atoms with Crippen molar-refractivity contribution in [1.29, 1.82) is 0 Å². The van der Waals surface area contributed by atoms with Gasteiger partial charge in [-0.3, -0.25) is 9.59 Å². The summed E-state index contributed by atoms with van der Waals surface area (Å²) in [4.78, 5) is 25.6. The molecule has 1 aromatic rings.